The van der Waals surface area contributed by atoms with Gasteiger partial charge in [0.1, 0.15) is 5.60 Å². The Morgan fingerprint density at radius 3 is 2.25 bits per heavy atom. The summed E-state index contributed by atoms with van der Waals surface area (Å²) in [5.41, 5.74) is -0.672. The summed E-state index contributed by atoms with van der Waals surface area (Å²) in [7, 11) is 0. The molecule has 0 radical (unpaired) electrons. The standard InChI is InChI=1S/C16H32N2O2/c1-6-17-12-16(5,13-10-8-7-9-11-13)18-14(19)20-15(2,3)4/h13,17H,6-12H2,1-5H3,(H,18,19)/t16-/m1/s1. The number of hydrogen-bond acceptors (Lipinski definition) is 3. The molecule has 1 aliphatic rings. The average Bonchev–Trinajstić information content (AvgIpc) is 2.35. The van der Waals surface area contributed by atoms with Crippen LogP contribution in [0.4, 0.5) is 4.79 Å². The monoisotopic (exact) mass is 284 g/mol. The van der Waals surface area contributed by atoms with E-state index in [1.807, 2.05) is 20.8 Å². The van der Waals surface area contributed by atoms with Gasteiger partial charge in [-0.2, -0.15) is 0 Å². The molecule has 0 aromatic heterocycles. The lowest BCUT2D eigenvalue weighted by Gasteiger charge is -2.41. The zero-order valence-corrected chi connectivity index (χ0v) is 13.8. The number of alkyl carbamates (subject to hydrolysis) is 1. The number of carbonyl (C=O) groups is 1. The summed E-state index contributed by atoms with van der Waals surface area (Å²) < 4.78 is 5.43. The zero-order chi connectivity index (χ0) is 15.2. The summed E-state index contributed by atoms with van der Waals surface area (Å²) in [5, 5.41) is 6.51. The molecule has 20 heavy (non-hydrogen) atoms. The van der Waals surface area contributed by atoms with Crippen LogP contribution >= 0.6 is 0 Å². The van der Waals surface area contributed by atoms with E-state index in [2.05, 4.69) is 24.5 Å². The van der Waals surface area contributed by atoms with Gasteiger partial charge in [0.15, 0.2) is 0 Å². The molecule has 1 amide bonds. The third kappa shape index (κ3) is 5.70. The number of amides is 1. The molecule has 1 aliphatic carbocycles. The number of hydrogen-bond donors (Lipinski definition) is 2. The van der Waals surface area contributed by atoms with Crippen molar-refractivity contribution in [2.45, 2.75) is 77.9 Å². The lowest BCUT2D eigenvalue weighted by atomic mass is 9.75. The number of nitrogens with one attached hydrogen (secondary N) is 2. The van der Waals surface area contributed by atoms with Gasteiger partial charge in [-0.05, 0) is 53.0 Å². The van der Waals surface area contributed by atoms with Gasteiger partial charge in [-0.1, -0.05) is 26.2 Å². The summed E-state index contributed by atoms with van der Waals surface area (Å²) in [4.78, 5) is 12.1. The molecule has 0 unspecified atom stereocenters. The second kappa shape index (κ2) is 7.30. The van der Waals surface area contributed by atoms with Crippen molar-refractivity contribution in [2.24, 2.45) is 5.92 Å². The van der Waals surface area contributed by atoms with Crippen LogP contribution in [0.2, 0.25) is 0 Å². The SMILES string of the molecule is CCNC[C@@](C)(NC(=O)OC(C)(C)C)C1CCCCC1. The van der Waals surface area contributed by atoms with Crippen molar-refractivity contribution in [2.75, 3.05) is 13.1 Å². The van der Waals surface area contributed by atoms with E-state index in [0.717, 1.165) is 13.1 Å². The van der Waals surface area contributed by atoms with Crippen molar-refractivity contribution < 1.29 is 9.53 Å². The molecule has 0 aliphatic heterocycles. The highest BCUT2D eigenvalue weighted by Crippen LogP contribution is 2.32. The van der Waals surface area contributed by atoms with Crippen LogP contribution in [-0.2, 0) is 4.74 Å². The van der Waals surface area contributed by atoms with E-state index >= 15 is 0 Å². The minimum absolute atomic E-state index is 0.223. The van der Waals surface area contributed by atoms with E-state index in [9.17, 15) is 4.79 Å². The van der Waals surface area contributed by atoms with Crippen molar-refractivity contribution in [1.82, 2.24) is 10.6 Å². The third-order valence-electron chi connectivity index (χ3n) is 4.03. The highest BCUT2D eigenvalue weighted by Gasteiger charge is 2.37. The number of carbonyl (C=O) groups excluding carboxylic acids is 1. The largest absolute Gasteiger partial charge is 0.444 e. The molecule has 0 heterocycles. The Morgan fingerprint density at radius 1 is 1.15 bits per heavy atom. The van der Waals surface area contributed by atoms with Gasteiger partial charge in [-0.25, -0.2) is 4.79 Å². The van der Waals surface area contributed by atoms with Gasteiger partial charge in [-0.15, -0.1) is 0 Å². The molecule has 4 nitrogen and oxygen atoms in total. The second-order valence-corrected chi connectivity index (χ2v) is 7.16. The van der Waals surface area contributed by atoms with Crippen LogP contribution in [0.5, 0.6) is 0 Å². The summed E-state index contributed by atoms with van der Waals surface area (Å²) in [6, 6.07) is 0. The first-order valence-corrected chi connectivity index (χ1v) is 7.99. The molecule has 2 N–H and O–H groups in total. The average molecular weight is 284 g/mol. The van der Waals surface area contributed by atoms with Crippen molar-refractivity contribution in [3.8, 4) is 0 Å². The third-order valence-corrected chi connectivity index (χ3v) is 4.03. The van der Waals surface area contributed by atoms with Crippen LogP contribution in [0.1, 0.15) is 66.7 Å². The first-order chi connectivity index (χ1) is 9.27. The highest BCUT2D eigenvalue weighted by atomic mass is 16.6. The molecule has 0 bridgehead atoms. The molecule has 0 spiro atoms. The van der Waals surface area contributed by atoms with Crippen LogP contribution in [0.25, 0.3) is 0 Å². The van der Waals surface area contributed by atoms with Crippen LogP contribution < -0.4 is 10.6 Å². The van der Waals surface area contributed by atoms with Crippen molar-refractivity contribution in [3.05, 3.63) is 0 Å². The molecule has 1 saturated carbocycles. The van der Waals surface area contributed by atoms with Gasteiger partial charge >= 0.3 is 6.09 Å². The quantitative estimate of drug-likeness (QED) is 0.813. The lowest BCUT2D eigenvalue weighted by molar-refractivity contribution is 0.0399. The molecule has 4 heteroatoms. The van der Waals surface area contributed by atoms with Gasteiger partial charge in [0.05, 0.1) is 5.54 Å². The van der Waals surface area contributed by atoms with E-state index in [1.54, 1.807) is 0 Å². The highest BCUT2D eigenvalue weighted by molar-refractivity contribution is 5.68. The maximum atomic E-state index is 12.1. The molecule has 0 saturated heterocycles. The predicted molar refractivity (Wildman–Crippen MR) is 82.9 cm³/mol. The van der Waals surface area contributed by atoms with E-state index in [1.165, 1.54) is 32.1 Å². The Hall–Kier alpha value is -0.770. The summed E-state index contributed by atoms with van der Waals surface area (Å²) in [6.07, 6.45) is 5.93. The number of ether oxygens (including phenoxy) is 1. The first kappa shape index (κ1) is 17.3. The molecule has 1 fully saturated rings. The fourth-order valence-corrected chi connectivity index (χ4v) is 2.95. The Morgan fingerprint density at radius 2 is 1.75 bits per heavy atom. The van der Waals surface area contributed by atoms with Gasteiger partial charge in [0, 0.05) is 6.54 Å². The molecular formula is C16H32N2O2. The maximum Gasteiger partial charge on any atom is 0.408 e. The van der Waals surface area contributed by atoms with E-state index in [0.29, 0.717) is 5.92 Å². The summed E-state index contributed by atoms with van der Waals surface area (Å²) in [6.45, 7) is 11.6. The molecule has 118 valence electrons. The van der Waals surface area contributed by atoms with Crippen LogP contribution in [0.15, 0.2) is 0 Å². The van der Waals surface area contributed by atoms with Crippen molar-refractivity contribution in [1.29, 1.82) is 0 Å². The molecule has 1 rings (SSSR count). The maximum absolute atomic E-state index is 12.1. The van der Waals surface area contributed by atoms with Crippen molar-refractivity contribution in [3.63, 3.8) is 0 Å². The summed E-state index contributed by atoms with van der Waals surface area (Å²) >= 11 is 0. The fraction of sp³-hybridized carbons (Fsp3) is 0.938. The van der Waals surface area contributed by atoms with E-state index in [4.69, 9.17) is 4.74 Å². The Labute approximate surface area is 124 Å². The minimum Gasteiger partial charge on any atom is -0.444 e. The Balaban J connectivity index is 2.68. The fourth-order valence-electron chi connectivity index (χ4n) is 2.95. The van der Waals surface area contributed by atoms with E-state index in [-0.39, 0.29) is 11.6 Å². The van der Waals surface area contributed by atoms with Gasteiger partial charge in [0.2, 0.25) is 0 Å². The Kier molecular flexibility index (Phi) is 6.31. The molecule has 0 aromatic rings. The molecule has 1 atom stereocenters. The van der Waals surface area contributed by atoms with Gasteiger partial charge in [0.25, 0.3) is 0 Å². The topological polar surface area (TPSA) is 50.4 Å². The van der Waals surface area contributed by atoms with Crippen LogP contribution in [0.3, 0.4) is 0 Å². The number of likely N-dealkylation sites (N-methyl/N-ethyl adjacent to an activating group) is 1. The minimum atomic E-state index is -0.449. The predicted octanol–water partition coefficient (Wildman–Crippen LogP) is 3.46. The summed E-state index contributed by atoms with van der Waals surface area (Å²) in [5.74, 6) is 0.530. The van der Waals surface area contributed by atoms with Crippen LogP contribution in [0, 0.1) is 5.92 Å². The number of rotatable bonds is 5. The van der Waals surface area contributed by atoms with Gasteiger partial charge in [-0.3, -0.25) is 0 Å². The van der Waals surface area contributed by atoms with Gasteiger partial charge < -0.3 is 15.4 Å². The molecule has 0 aromatic carbocycles. The van der Waals surface area contributed by atoms with E-state index < -0.39 is 5.60 Å². The van der Waals surface area contributed by atoms with Crippen LogP contribution in [-0.4, -0.2) is 30.3 Å². The smallest absolute Gasteiger partial charge is 0.408 e. The van der Waals surface area contributed by atoms with Crippen molar-refractivity contribution >= 4 is 6.09 Å². The normalized spacial score (nSPS) is 20.2. The zero-order valence-electron chi connectivity index (χ0n) is 13.8. The lowest BCUT2D eigenvalue weighted by Crippen LogP contribution is -2.58. The first-order valence-electron chi connectivity index (χ1n) is 7.99. The molecular weight excluding hydrogens is 252 g/mol. The second-order valence-electron chi connectivity index (χ2n) is 7.16. The Bertz CT molecular complexity index is 306.